The quantitative estimate of drug-likeness (QED) is 0.571. The van der Waals surface area contributed by atoms with Gasteiger partial charge in [-0.1, -0.05) is 0 Å². The Labute approximate surface area is 130 Å². The van der Waals surface area contributed by atoms with Gasteiger partial charge in [0.15, 0.2) is 10.4 Å². The molecule has 0 saturated heterocycles. The molecule has 0 saturated carbocycles. The van der Waals surface area contributed by atoms with Crippen molar-refractivity contribution in [1.29, 1.82) is 0 Å². The molecule has 7 heteroatoms. The minimum atomic E-state index is 0.651. The van der Waals surface area contributed by atoms with Gasteiger partial charge in [-0.15, -0.1) is 0 Å². The third kappa shape index (κ3) is 3.72. The number of methoxy groups -OCH3 is 1. The largest absolute Gasteiger partial charge is 0.382 e. The van der Waals surface area contributed by atoms with Gasteiger partial charge in [0, 0.05) is 26.8 Å². The zero-order chi connectivity index (χ0) is 15.2. The van der Waals surface area contributed by atoms with Crippen LogP contribution in [-0.2, 0) is 22.6 Å². The summed E-state index contributed by atoms with van der Waals surface area (Å²) in [5.74, 6) is 0. The highest BCUT2D eigenvalue weighted by atomic mass is 32.1. The molecule has 21 heavy (non-hydrogen) atoms. The van der Waals surface area contributed by atoms with E-state index in [1.807, 2.05) is 11.6 Å². The Hall–Kier alpha value is -1.18. The second-order valence-electron chi connectivity index (χ2n) is 4.99. The lowest BCUT2D eigenvalue weighted by molar-refractivity contribution is 0.0684. The number of imidazole rings is 1. The van der Waals surface area contributed by atoms with Crippen molar-refractivity contribution in [2.45, 2.75) is 39.8 Å². The molecular formula is C14H24N4O2S. The van der Waals surface area contributed by atoms with Crippen LogP contribution in [0.2, 0.25) is 0 Å². The number of fused-ring (bicyclic) bond motifs is 1. The molecule has 0 unspecified atom stereocenters. The maximum Gasteiger partial charge on any atom is 0.179 e. The van der Waals surface area contributed by atoms with Crippen molar-refractivity contribution in [3.8, 4) is 0 Å². The van der Waals surface area contributed by atoms with Gasteiger partial charge in [-0.25, -0.2) is 4.68 Å². The number of aryl methyl sites for hydroxylation is 3. The lowest BCUT2D eigenvalue weighted by atomic mass is 10.3. The predicted octanol–water partition coefficient (Wildman–Crippen LogP) is 2.67. The Kier molecular flexibility index (Phi) is 5.96. The topological polar surface area (TPSA) is 57.0 Å². The van der Waals surface area contributed by atoms with Gasteiger partial charge in [-0.3, -0.25) is 0 Å². The molecule has 2 aromatic heterocycles. The van der Waals surface area contributed by atoms with E-state index in [1.165, 1.54) is 0 Å². The van der Waals surface area contributed by atoms with Gasteiger partial charge < -0.3 is 19.0 Å². The minimum Gasteiger partial charge on any atom is -0.382 e. The van der Waals surface area contributed by atoms with E-state index in [9.17, 15) is 0 Å². The molecule has 0 aliphatic rings. The van der Waals surface area contributed by atoms with E-state index in [4.69, 9.17) is 21.7 Å². The summed E-state index contributed by atoms with van der Waals surface area (Å²) in [5, 5.41) is 4.53. The van der Waals surface area contributed by atoms with E-state index in [1.54, 1.807) is 7.11 Å². The number of aromatic nitrogens is 4. The van der Waals surface area contributed by atoms with Crippen LogP contribution in [0.1, 0.15) is 25.5 Å². The number of nitrogens with one attached hydrogen (secondary N) is 1. The summed E-state index contributed by atoms with van der Waals surface area (Å²) < 4.78 is 15.3. The van der Waals surface area contributed by atoms with Gasteiger partial charge in [0.1, 0.15) is 5.52 Å². The van der Waals surface area contributed by atoms with E-state index >= 15 is 0 Å². The second-order valence-corrected chi connectivity index (χ2v) is 5.38. The third-order valence-corrected chi connectivity index (χ3v) is 3.81. The van der Waals surface area contributed by atoms with Gasteiger partial charge in [0.25, 0.3) is 0 Å². The fraction of sp³-hybridized carbons (Fsp3) is 0.714. The Bertz CT molecular complexity index is 629. The number of hydrogen-bond donors (Lipinski definition) is 1. The maximum atomic E-state index is 5.47. The molecule has 118 valence electrons. The van der Waals surface area contributed by atoms with Crippen LogP contribution in [0.15, 0.2) is 0 Å². The van der Waals surface area contributed by atoms with Crippen molar-refractivity contribution in [1.82, 2.24) is 19.3 Å². The summed E-state index contributed by atoms with van der Waals surface area (Å²) >= 11 is 5.43. The lowest BCUT2D eigenvalue weighted by Gasteiger charge is -2.07. The number of nitrogens with zero attached hydrogens (tertiary/aromatic N) is 3. The van der Waals surface area contributed by atoms with Gasteiger partial charge in [0.05, 0.1) is 18.9 Å². The van der Waals surface area contributed by atoms with Crippen molar-refractivity contribution in [3.05, 3.63) is 10.5 Å². The Morgan fingerprint density at radius 2 is 2.05 bits per heavy atom. The molecule has 0 aliphatic heterocycles. The van der Waals surface area contributed by atoms with E-state index in [0.717, 1.165) is 54.2 Å². The number of hydrogen-bond acceptors (Lipinski definition) is 4. The Morgan fingerprint density at radius 1 is 1.24 bits per heavy atom. The molecule has 0 amide bonds. The summed E-state index contributed by atoms with van der Waals surface area (Å²) in [7, 11) is 1.68. The normalized spacial score (nSPS) is 11.6. The first-order valence-corrected chi connectivity index (χ1v) is 7.82. The SMILES string of the molecule is CCn1nc(C)c2[nH]c(=S)n(CCCCOCCOC)c21. The van der Waals surface area contributed by atoms with E-state index < -0.39 is 0 Å². The van der Waals surface area contributed by atoms with Crippen LogP contribution in [-0.4, -0.2) is 46.3 Å². The lowest BCUT2D eigenvalue weighted by Crippen LogP contribution is -2.07. The molecule has 2 rings (SSSR count). The van der Waals surface area contributed by atoms with Crippen molar-refractivity contribution >= 4 is 23.4 Å². The summed E-state index contributed by atoms with van der Waals surface area (Å²) in [6.45, 7) is 7.90. The highest BCUT2D eigenvalue weighted by Gasteiger charge is 2.13. The fourth-order valence-electron chi connectivity index (χ4n) is 2.41. The Morgan fingerprint density at radius 3 is 2.76 bits per heavy atom. The average molecular weight is 312 g/mol. The molecule has 6 nitrogen and oxygen atoms in total. The Balaban J connectivity index is 1.95. The van der Waals surface area contributed by atoms with Gasteiger partial charge in [-0.05, 0) is 38.9 Å². The molecule has 0 spiro atoms. The highest BCUT2D eigenvalue weighted by Crippen LogP contribution is 2.18. The molecule has 0 aromatic carbocycles. The molecule has 0 fully saturated rings. The van der Waals surface area contributed by atoms with Crippen LogP contribution in [0.4, 0.5) is 0 Å². The van der Waals surface area contributed by atoms with Crippen LogP contribution in [0.5, 0.6) is 0 Å². The zero-order valence-corrected chi connectivity index (χ0v) is 13.8. The molecule has 0 atom stereocenters. The highest BCUT2D eigenvalue weighted by molar-refractivity contribution is 7.71. The van der Waals surface area contributed by atoms with Crippen molar-refractivity contribution < 1.29 is 9.47 Å². The summed E-state index contributed by atoms with van der Waals surface area (Å²) in [4.78, 5) is 3.27. The molecule has 0 aliphatic carbocycles. The molecular weight excluding hydrogens is 288 g/mol. The summed E-state index contributed by atoms with van der Waals surface area (Å²) in [6.07, 6.45) is 2.04. The molecule has 1 N–H and O–H groups in total. The number of H-pyrrole nitrogens is 1. The molecule has 0 radical (unpaired) electrons. The van der Waals surface area contributed by atoms with E-state index in [-0.39, 0.29) is 0 Å². The fourth-order valence-corrected chi connectivity index (χ4v) is 2.69. The van der Waals surface area contributed by atoms with Crippen LogP contribution < -0.4 is 0 Å². The van der Waals surface area contributed by atoms with E-state index in [2.05, 4.69) is 21.6 Å². The monoisotopic (exact) mass is 312 g/mol. The average Bonchev–Trinajstić information content (AvgIpc) is 2.96. The molecule has 2 heterocycles. The number of unbranched alkanes of at least 4 members (excludes halogenated alkanes) is 1. The van der Waals surface area contributed by atoms with E-state index in [0.29, 0.717) is 13.2 Å². The molecule has 0 bridgehead atoms. The first-order valence-electron chi connectivity index (χ1n) is 7.41. The third-order valence-electron chi connectivity index (χ3n) is 3.49. The first-order chi connectivity index (χ1) is 10.2. The van der Waals surface area contributed by atoms with Crippen molar-refractivity contribution in [3.63, 3.8) is 0 Å². The van der Waals surface area contributed by atoms with Gasteiger partial charge >= 0.3 is 0 Å². The van der Waals surface area contributed by atoms with Gasteiger partial charge in [0.2, 0.25) is 0 Å². The smallest absolute Gasteiger partial charge is 0.179 e. The van der Waals surface area contributed by atoms with Crippen molar-refractivity contribution in [2.75, 3.05) is 26.9 Å². The minimum absolute atomic E-state index is 0.651. The standard InChI is InChI=1S/C14H24N4O2S/c1-4-18-13-12(11(2)16-18)15-14(21)17(13)7-5-6-8-20-10-9-19-3/h4-10H2,1-3H3,(H,15,21). The number of rotatable bonds is 9. The maximum absolute atomic E-state index is 5.47. The zero-order valence-electron chi connectivity index (χ0n) is 13.0. The second kappa shape index (κ2) is 7.72. The van der Waals surface area contributed by atoms with Crippen molar-refractivity contribution in [2.24, 2.45) is 0 Å². The predicted molar refractivity (Wildman–Crippen MR) is 85.2 cm³/mol. The van der Waals surface area contributed by atoms with Crippen LogP contribution in [0, 0.1) is 11.7 Å². The van der Waals surface area contributed by atoms with Crippen LogP contribution in [0.25, 0.3) is 11.2 Å². The van der Waals surface area contributed by atoms with Gasteiger partial charge in [-0.2, -0.15) is 5.10 Å². The summed E-state index contributed by atoms with van der Waals surface area (Å²) in [5.41, 5.74) is 3.15. The molecule has 2 aromatic rings. The first kappa shape index (κ1) is 16.2. The summed E-state index contributed by atoms with van der Waals surface area (Å²) in [6, 6.07) is 0. The van der Waals surface area contributed by atoms with Crippen LogP contribution in [0.3, 0.4) is 0 Å². The number of ether oxygens (including phenoxy) is 2. The van der Waals surface area contributed by atoms with Crippen LogP contribution >= 0.6 is 12.2 Å². The number of aromatic amines is 1.